The topological polar surface area (TPSA) is 75.1 Å². The van der Waals surface area contributed by atoms with Crippen LogP contribution in [0.2, 0.25) is 0 Å². The van der Waals surface area contributed by atoms with Crippen LogP contribution in [-0.4, -0.2) is 25.9 Å². The van der Waals surface area contributed by atoms with Crippen molar-refractivity contribution in [3.63, 3.8) is 0 Å². The molecule has 0 aliphatic carbocycles. The number of hydrogen-bond donors (Lipinski definition) is 0. The summed E-state index contributed by atoms with van der Waals surface area (Å²) in [4.78, 5) is 17.1. The van der Waals surface area contributed by atoms with Gasteiger partial charge in [-0.1, -0.05) is 6.92 Å². The van der Waals surface area contributed by atoms with Crippen molar-refractivity contribution in [1.82, 2.24) is 19.3 Å². The lowest BCUT2D eigenvalue weighted by atomic mass is 10.0. The largest absolute Gasteiger partial charge is 0.444 e. The normalized spacial score (nSPS) is 21.5. The first-order valence-electron chi connectivity index (χ1n) is 8.12. The maximum atomic E-state index is 12.7. The van der Waals surface area contributed by atoms with Crippen molar-refractivity contribution in [2.24, 2.45) is 5.92 Å². The highest BCUT2D eigenvalue weighted by atomic mass is 16.5. The summed E-state index contributed by atoms with van der Waals surface area (Å²) in [5, 5.41) is 4.54. The summed E-state index contributed by atoms with van der Waals surface area (Å²) in [5.74, 6) is 2.33. The number of nitrogens with zero attached hydrogens (tertiary/aromatic N) is 4. The van der Waals surface area contributed by atoms with E-state index < -0.39 is 0 Å². The van der Waals surface area contributed by atoms with E-state index in [2.05, 4.69) is 17.0 Å². The Kier molecular flexibility index (Phi) is 4.14. The predicted octanol–water partition coefficient (Wildman–Crippen LogP) is 2.38. The van der Waals surface area contributed by atoms with E-state index in [9.17, 15) is 4.79 Å². The van der Waals surface area contributed by atoms with Crippen LogP contribution < -0.4 is 5.69 Å². The highest BCUT2D eigenvalue weighted by Crippen LogP contribution is 2.33. The van der Waals surface area contributed by atoms with Gasteiger partial charge in [0.1, 0.15) is 18.4 Å². The van der Waals surface area contributed by atoms with E-state index in [0.29, 0.717) is 24.2 Å². The maximum absolute atomic E-state index is 12.7. The molecule has 23 heavy (non-hydrogen) atoms. The van der Waals surface area contributed by atoms with E-state index in [4.69, 9.17) is 9.15 Å². The van der Waals surface area contributed by atoms with E-state index in [1.165, 1.54) is 4.68 Å². The number of aryl methyl sites for hydroxylation is 2. The first-order chi connectivity index (χ1) is 10.9. The third-order valence-corrected chi connectivity index (χ3v) is 4.41. The molecule has 1 aliphatic rings. The molecule has 0 bridgehead atoms. The molecule has 1 aliphatic heterocycles. The second kappa shape index (κ2) is 5.96. The Morgan fingerprint density at radius 1 is 1.35 bits per heavy atom. The molecule has 0 aromatic carbocycles. The quantitative estimate of drug-likeness (QED) is 0.864. The molecule has 0 unspecified atom stereocenters. The number of aromatic nitrogens is 4. The molecule has 7 heteroatoms. The van der Waals surface area contributed by atoms with Crippen LogP contribution in [0.5, 0.6) is 0 Å². The highest BCUT2D eigenvalue weighted by molar-refractivity contribution is 5.06. The van der Waals surface area contributed by atoms with Gasteiger partial charge in [-0.3, -0.25) is 4.57 Å². The number of ether oxygens (including phenoxy) is 1. The van der Waals surface area contributed by atoms with Gasteiger partial charge in [0.15, 0.2) is 5.82 Å². The van der Waals surface area contributed by atoms with Gasteiger partial charge in [0.25, 0.3) is 0 Å². The zero-order chi connectivity index (χ0) is 16.7. The molecule has 126 valence electrons. The minimum absolute atomic E-state index is 0.0238. The Hall–Kier alpha value is -1.89. The van der Waals surface area contributed by atoms with Gasteiger partial charge in [-0.15, -0.1) is 0 Å². The fraction of sp³-hybridized carbons (Fsp3) is 0.688. The molecule has 1 fully saturated rings. The van der Waals surface area contributed by atoms with E-state index in [1.807, 2.05) is 27.7 Å². The van der Waals surface area contributed by atoms with Crippen LogP contribution >= 0.6 is 0 Å². The van der Waals surface area contributed by atoms with Crippen molar-refractivity contribution in [3.05, 3.63) is 33.7 Å². The van der Waals surface area contributed by atoms with Gasteiger partial charge in [0.2, 0.25) is 5.89 Å². The van der Waals surface area contributed by atoms with Gasteiger partial charge < -0.3 is 9.15 Å². The van der Waals surface area contributed by atoms with Crippen molar-refractivity contribution < 1.29 is 9.15 Å². The fourth-order valence-corrected chi connectivity index (χ4v) is 2.98. The molecule has 3 rings (SSSR count). The number of rotatable bonds is 4. The molecule has 0 amide bonds. The Labute approximate surface area is 135 Å². The summed E-state index contributed by atoms with van der Waals surface area (Å²) in [6, 6.07) is 0.0238. The van der Waals surface area contributed by atoms with Gasteiger partial charge in [-0.2, -0.15) is 5.10 Å². The minimum Gasteiger partial charge on any atom is -0.444 e. The summed E-state index contributed by atoms with van der Waals surface area (Å²) in [5.41, 5.74) is 0.690. The van der Waals surface area contributed by atoms with Crippen molar-refractivity contribution in [2.45, 2.75) is 59.7 Å². The zero-order valence-corrected chi connectivity index (χ0v) is 14.4. The van der Waals surface area contributed by atoms with E-state index in [-0.39, 0.29) is 24.4 Å². The van der Waals surface area contributed by atoms with Crippen LogP contribution in [0, 0.1) is 19.8 Å². The molecule has 2 aromatic heterocycles. The number of hydrogen-bond acceptors (Lipinski definition) is 5. The van der Waals surface area contributed by atoms with E-state index in [0.717, 1.165) is 17.9 Å². The van der Waals surface area contributed by atoms with Gasteiger partial charge in [-0.25, -0.2) is 14.5 Å². The fourth-order valence-electron chi connectivity index (χ4n) is 2.98. The summed E-state index contributed by atoms with van der Waals surface area (Å²) >= 11 is 0. The van der Waals surface area contributed by atoms with Crippen LogP contribution in [0.1, 0.15) is 62.5 Å². The SMILES string of the molecule is Cc1nc(Cn2nc([C@H]3OCC[C@H]3C)n(C(C)C)c2=O)oc1C. The van der Waals surface area contributed by atoms with Crippen LogP contribution in [0.4, 0.5) is 0 Å². The average Bonchev–Trinajstić information content (AvgIpc) is 3.11. The van der Waals surface area contributed by atoms with Crippen LogP contribution in [0.3, 0.4) is 0 Å². The third-order valence-electron chi connectivity index (χ3n) is 4.41. The Bertz CT molecular complexity index is 736. The molecule has 0 saturated carbocycles. The minimum atomic E-state index is -0.147. The van der Waals surface area contributed by atoms with Crippen molar-refractivity contribution in [1.29, 1.82) is 0 Å². The lowest BCUT2D eigenvalue weighted by Gasteiger charge is -2.16. The third kappa shape index (κ3) is 2.85. The molecule has 0 radical (unpaired) electrons. The van der Waals surface area contributed by atoms with Crippen LogP contribution in [0.25, 0.3) is 0 Å². The Balaban J connectivity index is 1.99. The summed E-state index contributed by atoms with van der Waals surface area (Å²) in [7, 11) is 0. The lowest BCUT2D eigenvalue weighted by molar-refractivity contribution is 0.0825. The smallest absolute Gasteiger partial charge is 0.346 e. The van der Waals surface area contributed by atoms with Gasteiger partial charge in [0.05, 0.1) is 5.69 Å². The van der Waals surface area contributed by atoms with Gasteiger partial charge >= 0.3 is 5.69 Å². The maximum Gasteiger partial charge on any atom is 0.346 e. The summed E-state index contributed by atoms with van der Waals surface area (Å²) in [6.45, 7) is 10.8. The zero-order valence-electron chi connectivity index (χ0n) is 14.4. The van der Waals surface area contributed by atoms with Crippen LogP contribution in [-0.2, 0) is 11.3 Å². The molecule has 2 aromatic rings. The first kappa shape index (κ1) is 16.0. The van der Waals surface area contributed by atoms with Gasteiger partial charge in [0, 0.05) is 12.6 Å². The average molecular weight is 320 g/mol. The molecule has 7 nitrogen and oxygen atoms in total. The van der Waals surface area contributed by atoms with Crippen molar-refractivity contribution in [3.8, 4) is 0 Å². The van der Waals surface area contributed by atoms with Crippen LogP contribution in [0.15, 0.2) is 9.21 Å². The van der Waals surface area contributed by atoms with Crippen molar-refractivity contribution in [2.75, 3.05) is 6.61 Å². The Morgan fingerprint density at radius 2 is 2.09 bits per heavy atom. The van der Waals surface area contributed by atoms with Crippen molar-refractivity contribution >= 4 is 0 Å². The second-order valence-corrected chi connectivity index (χ2v) is 6.57. The monoisotopic (exact) mass is 320 g/mol. The lowest BCUT2D eigenvalue weighted by Crippen LogP contribution is -2.28. The molecular weight excluding hydrogens is 296 g/mol. The molecule has 2 atom stereocenters. The second-order valence-electron chi connectivity index (χ2n) is 6.57. The molecule has 3 heterocycles. The van der Waals surface area contributed by atoms with Gasteiger partial charge in [-0.05, 0) is 40.0 Å². The number of oxazole rings is 1. The molecule has 0 N–H and O–H groups in total. The molecule has 1 saturated heterocycles. The summed E-state index contributed by atoms with van der Waals surface area (Å²) < 4.78 is 14.5. The first-order valence-corrected chi connectivity index (χ1v) is 8.12. The van der Waals surface area contributed by atoms with E-state index in [1.54, 1.807) is 4.57 Å². The Morgan fingerprint density at radius 3 is 2.61 bits per heavy atom. The predicted molar refractivity (Wildman–Crippen MR) is 84.4 cm³/mol. The van der Waals surface area contributed by atoms with E-state index >= 15 is 0 Å². The summed E-state index contributed by atoms with van der Waals surface area (Å²) in [6.07, 6.45) is 0.862. The molecular formula is C16H24N4O3. The molecule has 0 spiro atoms. The standard InChI is InChI=1S/C16H24N4O3/c1-9(2)20-15(14-10(3)6-7-22-14)18-19(16(20)21)8-13-17-11(4)12(5)23-13/h9-10,14H,6-8H2,1-5H3/t10-,14+/m1/s1. The highest BCUT2D eigenvalue weighted by Gasteiger charge is 2.32.